The van der Waals surface area contributed by atoms with E-state index in [0.29, 0.717) is 28.5 Å². The predicted molar refractivity (Wildman–Crippen MR) is 136 cm³/mol. The minimum absolute atomic E-state index is 0.0000203. The van der Waals surface area contributed by atoms with Crippen LogP contribution >= 0.6 is 0 Å². The summed E-state index contributed by atoms with van der Waals surface area (Å²) in [5.74, 6) is 1.56. The number of aryl methyl sites for hydroxylation is 1. The normalized spacial score (nSPS) is 20.4. The molecule has 2 N–H and O–H groups in total. The Hall–Kier alpha value is -4.33. The second-order valence-corrected chi connectivity index (χ2v) is 9.62. The largest absolute Gasteiger partial charge is 0.382 e. The Kier molecular flexibility index (Phi) is 5.17. The monoisotopic (exact) mass is 478 g/mol. The zero-order valence-corrected chi connectivity index (χ0v) is 20.0. The number of piperidine rings is 1. The average Bonchev–Trinajstić information content (AvgIpc) is 3.36. The fraction of sp³-hybridized carbons (Fsp3) is 0.250. The van der Waals surface area contributed by atoms with Crippen molar-refractivity contribution < 1.29 is 9.59 Å². The van der Waals surface area contributed by atoms with Gasteiger partial charge < -0.3 is 10.6 Å². The van der Waals surface area contributed by atoms with E-state index >= 15 is 0 Å². The summed E-state index contributed by atoms with van der Waals surface area (Å²) in [5, 5.41) is 0. The van der Waals surface area contributed by atoms with Crippen LogP contribution in [0, 0.1) is 12.8 Å². The van der Waals surface area contributed by atoms with Crippen LogP contribution in [0.3, 0.4) is 0 Å². The minimum atomic E-state index is -0.148. The van der Waals surface area contributed by atoms with Gasteiger partial charge in [0.1, 0.15) is 22.9 Å². The Morgan fingerprint density at radius 1 is 1.14 bits per heavy atom. The molecule has 0 bridgehead atoms. The van der Waals surface area contributed by atoms with Crippen molar-refractivity contribution in [3.05, 3.63) is 90.3 Å². The standard InChI is InChI=1S/C28H26N6O2/c1-3-24(36)34-21-13-19(21)14-22(34)28-32-25(26-27(29)31-10-11-33(26)28)18-6-4-17(5-7-18)23(35)15-20-12-16(2)8-9-30-20/h3-12,19,21-22H,1,13-15H2,2H3,(H2,29,31). The van der Waals surface area contributed by atoms with Gasteiger partial charge in [-0.15, -0.1) is 0 Å². The molecule has 1 aliphatic heterocycles. The lowest BCUT2D eigenvalue weighted by atomic mass is 10.0. The van der Waals surface area contributed by atoms with Gasteiger partial charge in [-0.2, -0.15) is 0 Å². The SMILES string of the molecule is C=CC(=O)N1C(c2nc(-c3ccc(C(=O)Cc4cc(C)ccn4)cc3)c3c(N)nccn23)CC2CC21. The van der Waals surface area contributed by atoms with Crippen LogP contribution in [0.2, 0.25) is 0 Å². The van der Waals surface area contributed by atoms with Gasteiger partial charge in [0.15, 0.2) is 5.78 Å². The summed E-state index contributed by atoms with van der Waals surface area (Å²) in [7, 11) is 0. The number of likely N-dealkylation sites (tertiary alicyclic amines) is 1. The topological polar surface area (TPSA) is 106 Å². The highest BCUT2D eigenvalue weighted by molar-refractivity contribution is 5.98. The first-order valence-corrected chi connectivity index (χ1v) is 12.1. The van der Waals surface area contributed by atoms with Crippen LogP contribution < -0.4 is 5.73 Å². The van der Waals surface area contributed by atoms with E-state index in [-0.39, 0.29) is 30.2 Å². The molecule has 0 spiro atoms. The van der Waals surface area contributed by atoms with Gasteiger partial charge in [0, 0.05) is 41.5 Å². The average molecular weight is 479 g/mol. The first-order chi connectivity index (χ1) is 17.4. The Bertz CT molecular complexity index is 1520. The second kappa shape index (κ2) is 8.41. The van der Waals surface area contributed by atoms with E-state index in [1.165, 1.54) is 6.08 Å². The molecule has 1 aliphatic carbocycles. The number of anilines is 1. The van der Waals surface area contributed by atoms with Crippen LogP contribution in [-0.2, 0) is 11.2 Å². The molecule has 2 aliphatic rings. The van der Waals surface area contributed by atoms with Crippen LogP contribution in [0.15, 0.2) is 67.6 Å². The van der Waals surface area contributed by atoms with Gasteiger partial charge in [0.2, 0.25) is 5.91 Å². The Labute approximate surface area is 208 Å². The molecule has 3 unspecified atom stereocenters. The van der Waals surface area contributed by atoms with Crippen molar-refractivity contribution in [2.75, 3.05) is 5.73 Å². The number of hydrogen-bond donors (Lipinski definition) is 1. The molecule has 8 heteroatoms. The second-order valence-electron chi connectivity index (χ2n) is 9.62. The smallest absolute Gasteiger partial charge is 0.246 e. The van der Waals surface area contributed by atoms with Crippen LogP contribution in [0.25, 0.3) is 16.8 Å². The number of rotatable bonds is 6. The molecule has 4 heterocycles. The number of ketones is 1. The summed E-state index contributed by atoms with van der Waals surface area (Å²) in [5.41, 5.74) is 10.9. The van der Waals surface area contributed by atoms with Crippen molar-refractivity contribution in [3.8, 4) is 11.3 Å². The molecule has 3 aromatic heterocycles. The van der Waals surface area contributed by atoms with Crippen molar-refractivity contribution in [2.24, 2.45) is 5.92 Å². The number of fused-ring (bicyclic) bond motifs is 2. The van der Waals surface area contributed by atoms with E-state index in [2.05, 4.69) is 16.5 Å². The lowest BCUT2D eigenvalue weighted by Gasteiger charge is -2.25. The summed E-state index contributed by atoms with van der Waals surface area (Å²) < 4.78 is 1.94. The van der Waals surface area contributed by atoms with E-state index in [0.717, 1.165) is 35.5 Å². The van der Waals surface area contributed by atoms with E-state index in [4.69, 9.17) is 10.7 Å². The van der Waals surface area contributed by atoms with Crippen molar-refractivity contribution in [2.45, 2.75) is 38.3 Å². The highest BCUT2D eigenvalue weighted by Crippen LogP contribution is 2.53. The third kappa shape index (κ3) is 3.66. The van der Waals surface area contributed by atoms with Crippen molar-refractivity contribution >= 4 is 23.0 Å². The zero-order valence-electron chi connectivity index (χ0n) is 20.0. The molecule has 0 radical (unpaired) electrons. The van der Waals surface area contributed by atoms with E-state index in [1.54, 1.807) is 12.4 Å². The number of benzene rings is 1. The maximum absolute atomic E-state index is 12.8. The third-order valence-corrected chi connectivity index (χ3v) is 7.24. The molecule has 1 amide bonds. The number of nitrogens with zero attached hydrogens (tertiary/aromatic N) is 5. The Balaban J connectivity index is 1.35. The predicted octanol–water partition coefficient (Wildman–Crippen LogP) is 3.96. The minimum Gasteiger partial charge on any atom is -0.382 e. The summed E-state index contributed by atoms with van der Waals surface area (Å²) in [6, 6.07) is 11.3. The number of nitrogens with two attached hydrogens (primary N) is 1. The van der Waals surface area contributed by atoms with Gasteiger partial charge in [-0.3, -0.25) is 19.0 Å². The van der Waals surface area contributed by atoms with Crippen LogP contribution in [0.5, 0.6) is 0 Å². The quantitative estimate of drug-likeness (QED) is 0.332. The summed E-state index contributed by atoms with van der Waals surface area (Å²) in [4.78, 5) is 41.0. The Morgan fingerprint density at radius 3 is 2.69 bits per heavy atom. The highest BCUT2D eigenvalue weighted by Gasteiger charge is 2.55. The van der Waals surface area contributed by atoms with Gasteiger partial charge in [0.05, 0.1) is 12.5 Å². The molecule has 36 heavy (non-hydrogen) atoms. The number of hydrogen-bond acceptors (Lipinski definition) is 6. The molecule has 8 nitrogen and oxygen atoms in total. The first kappa shape index (κ1) is 22.2. The van der Waals surface area contributed by atoms with Crippen LogP contribution in [0.1, 0.15) is 46.3 Å². The Morgan fingerprint density at radius 2 is 1.94 bits per heavy atom. The molecule has 180 valence electrons. The van der Waals surface area contributed by atoms with Crippen LogP contribution in [0.4, 0.5) is 5.82 Å². The lowest BCUT2D eigenvalue weighted by molar-refractivity contribution is -0.128. The van der Waals surface area contributed by atoms with Gasteiger partial charge in [-0.25, -0.2) is 9.97 Å². The van der Waals surface area contributed by atoms with E-state index in [9.17, 15) is 9.59 Å². The molecule has 6 rings (SSSR count). The number of carbonyl (C=O) groups excluding carboxylic acids is 2. The van der Waals surface area contributed by atoms with Crippen molar-refractivity contribution in [1.82, 2.24) is 24.3 Å². The number of nitrogen functional groups attached to an aromatic ring is 1. The zero-order chi connectivity index (χ0) is 25.0. The molecule has 1 saturated heterocycles. The van der Waals surface area contributed by atoms with Gasteiger partial charge in [0.25, 0.3) is 0 Å². The maximum atomic E-state index is 12.8. The molecule has 3 atom stereocenters. The number of aromatic nitrogens is 4. The fourth-order valence-corrected chi connectivity index (χ4v) is 5.41. The lowest BCUT2D eigenvalue weighted by Crippen LogP contribution is -2.33. The molecular weight excluding hydrogens is 452 g/mol. The van der Waals surface area contributed by atoms with Crippen LogP contribution in [-0.4, -0.2) is 42.0 Å². The summed E-state index contributed by atoms with van der Waals surface area (Å²) in [6.45, 7) is 5.67. The number of imidazole rings is 1. The van der Waals surface area contributed by atoms with Gasteiger partial charge in [-0.05, 0) is 49.5 Å². The molecule has 1 aromatic carbocycles. The first-order valence-electron chi connectivity index (χ1n) is 12.1. The number of amides is 1. The molecule has 2 fully saturated rings. The van der Waals surface area contributed by atoms with Gasteiger partial charge in [-0.1, -0.05) is 30.8 Å². The van der Waals surface area contributed by atoms with E-state index < -0.39 is 0 Å². The number of pyridine rings is 1. The van der Waals surface area contributed by atoms with Crippen molar-refractivity contribution in [1.29, 1.82) is 0 Å². The van der Waals surface area contributed by atoms with E-state index in [1.807, 2.05) is 58.8 Å². The maximum Gasteiger partial charge on any atom is 0.246 e. The molecule has 1 saturated carbocycles. The molecular formula is C28H26N6O2. The summed E-state index contributed by atoms with van der Waals surface area (Å²) in [6.07, 6.45) is 8.72. The molecule has 4 aromatic rings. The third-order valence-electron chi connectivity index (χ3n) is 7.24. The van der Waals surface area contributed by atoms with Gasteiger partial charge >= 0.3 is 0 Å². The fourth-order valence-electron chi connectivity index (χ4n) is 5.41. The summed E-state index contributed by atoms with van der Waals surface area (Å²) >= 11 is 0. The number of Topliss-reactive ketones (excluding diaryl/α,β-unsaturated/α-hetero) is 1. The number of carbonyl (C=O) groups is 2. The van der Waals surface area contributed by atoms with Crippen molar-refractivity contribution in [3.63, 3.8) is 0 Å². The highest BCUT2D eigenvalue weighted by atomic mass is 16.2.